The number of hydrogen-bond acceptors (Lipinski definition) is 3. The van der Waals surface area contributed by atoms with Crippen molar-refractivity contribution in [3.05, 3.63) is 175 Å². The number of para-hydroxylation sites is 3. The molecule has 1 heterocycles. The predicted molar refractivity (Wildman–Crippen MR) is 206 cm³/mol. The standard InChI is InChI=1S/C47H33NO2/c1-47(2)38-27-28-42-46(50-41-24-14-13-23-40(41)49-42)44(38)37-26-25-32(29-39(37)47)48(31-17-7-4-8-18-31)45-35-21-11-9-19-33(35)43(30-15-5-3-6-16-30)34-20-10-12-22-36(34)45/h3-29H,1-2H3. The molecule has 0 N–H and O–H groups in total. The van der Waals surface area contributed by atoms with Gasteiger partial charge in [-0.1, -0.05) is 135 Å². The van der Waals surface area contributed by atoms with Crippen LogP contribution in [-0.2, 0) is 5.41 Å². The minimum Gasteiger partial charge on any atom is -0.449 e. The Labute approximate surface area is 291 Å². The van der Waals surface area contributed by atoms with Crippen molar-refractivity contribution in [1.82, 2.24) is 0 Å². The third kappa shape index (κ3) is 4.17. The second-order valence-electron chi connectivity index (χ2n) is 13.7. The second-order valence-corrected chi connectivity index (χ2v) is 13.7. The summed E-state index contributed by atoms with van der Waals surface area (Å²) >= 11 is 0. The smallest absolute Gasteiger partial charge is 0.178 e. The zero-order valence-electron chi connectivity index (χ0n) is 27.9. The molecule has 238 valence electrons. The summed E-state index contributed by atoms with van der Waals surface area (Å²) in [5, 5.41) is 4.86. The molecule has 0 fully saturated rings. The van der Waals surface area contributed by atoms with Crippen LogP contribution in [-0.4, -0.2) is 0 Å². The third-order valence-electron chi connectivity index (χ3n) is 10.5. The zero-order valence-corrected chi connectivity index (χ0v) is 27.9. The molecular weight excluding hydrogens is 611 g/mol. The molecule has 0 saturated carbocycles. The monoisotopic (exact) mass is 643 g/mol. The molecule has 1 aliphatic carbocycles. The Balaban J connectivity index is 1.22. The number of nitrogens with zero attached hydrogens (tertiary/aromatic N) is 1. The summed E-state index contributed by atoms with van der Waals surface area (Å²) in [6.07, 6.45) is 0. The van der Waals surface area contributed by atoms with Crippen molar-refractivity contribution in [1.29, 1.82) is 0 Å². The number of rotatable bonds is 4. The normalized spacial score (nSPS) is 13.5. The molecule has 0 spiro atoms. The molecule has 8 aromatic carbocycles. The maximum atomic E-state index is 6.60. The van der Waals surface area contributed by atoms with Gasteiger partial charge in [0.05, 0.1) is 5.69 Å². The zero-order chi connectivity index (χ0) is 33.4. The lowest BCUT2D eigenvalue weighted by Gasteiger charge is -2.31. The lowest BCUT2D eigenvalue weighted by Crippen LogP contribution is -2.17. The lowest BCUT2D eigenvalue weighted by molar-refractivity contribution is 0.360. The molecular formula is C47H33NO2. The van der Waals surface area contributed by atoms with Crippen molar-refractivity contribution in [3.8, 4) is 45.3 Å². The average Bonchev–Trinajstić information content (AvgIpc) is 3.40. The van der Waals surface area contributed by atoms with Crippen LogP contribution < -0.4 is 14.4 Å². The van der Waals surface area contributed by atoms with Crippen LogP contribution in [0, 0.1) is 0 Å². The van der Waals surface area contributed by atoms with Crippen molar-refractivity contribution < 1.29 is 9.47 Å². The fourth-order valence-electron chi connectivity index (χ4n) is 8.18. The Hall–Kier alpha value is -6.32. The Kier molecular flexibility index (Phi) is 6.22. The van der Waals surface area contributed by atoms with Gasteiger partial charge in [-0.3, -0.25) is 0 Å². The molecule has 1 aliphatic heterocycles. The van der Waals surface area contributed by atoms with E-state index in [9.17, 15) is 0 Å². The van der Waals surface area contributed by atoms with Crippen LogP contribution in [0.5, 0.6) is 23.0 Å². The Morgan fingerprint density at radius 3 is 1.70 bits per heavy atom. The molecule has 3 heteroatoms. The molecule has 50 heavy (non-hydrogen) atoms. The fraction of sp³-hybridized carbons (Fsp3) is 0.0638. The van der Waals surface area contributed by atoms with Crippen molar-refractivity contribution in [3.63, 3.8) is 0 Å². The molecule has 2 aliphatic rings. The summed E-state index contributed by atoms with van der Waals surface area (Å²) in [5.41, 5.74) is 10.4. The van der Waals surface area contributed by atoms with E-state index in [1.165, 1.54) is 55.0 Å². The van der Waals surface area contributed by atoms with Crippen LogP contribution in [0.15, 0.2) is 164 Å². The van der Waals surface area contributed by atoms with Crippen molar-refractivity contribution in [2.45, 2.75) is 19.3 Å². The van der Waals surface area contributed by atoms with Gasteiger partial charge < -0.3 is 14.4 Å². The Morgan fingerprint density at radius 2 is 1.02 bits per heavy atom. The summed E-state index contributed by atoms with van der Waals surface area (Å²) in [5.74, 6) is 3.01. The predicted octanol–water partition coefficient (Wildman–Crippen LogP) is 13.3. The Morgan fingerprint density at radius 1 is 0.440 bits per heavy atom. The average molecular weight is 644 g/mol. The number of anilines is 3. The number of fused-ring (bicyclic) bond motifs is 8. The Bertz CT molecular complexity index is 2570. The molecule has 0 aromatic heterocycles. The van der Waals surface area contributed by atoms with Gasteiger partial charge >= 0.3 is 0 Å². The quantitative estimate of drug-likeness (QED) is 0.178. The van der Waals surface area contributed by atoms with Gasteiger partial charge in [-0.15, -0.1) is 0 Å². The SMILES string of the molecule is CC1(C)c2cc(N(c3ccccc3)c3c4ccccc4c(-c4ccccc4)c4ccccc34)ccc2-c2c1ccc1c2Oc2ccccc2O1. The molecule has 3 nitrogen and oxygen atoms in total. The van der Waals surface area contributed by atoms with E-state index in [0.29, 0.717) is 0 Å². The molecule has 0 atom stereocenters. The van der Waals surface area contributed by atoms with Crippen LogP contribution in [0.4, 0.5) is 17.1 Å². The largest absolute Gasteiger partial charge is 0.449 e. The molecule has 0 saturated heterocycles. The number of hydrogen-bond donors (Lipinski definition) is 0. The number of benzene rings is 8. The second kappa shape index (κ2) is 10.8. The topological polar surface area (TPSA) is 21.7 Å². The van der Waals surface area contributed by atoms with Gasteiger partial charge in [0.2, 0.25) is 0 Å². The first-order chi connectivity index (χ1) is 24.6. The van der Waals surface area contributed by atoms with Crippen molar-refractivity contribution in [2.75, 3.05) is 4.90 Å². The van der Waals surface area contributed by atoms with Crippen LogP contribution >= 0.6 is 0 Å². The van der Waals surface area contributed by atoms with E-state index in [0.717, 1.165) is 39.9 Å². The first-order valence-electron chi connectivity index (χ1n) is 17.2. The minimum absolute atomic E-state index is 0.264. The summed E-state index contributed by atoms with van der Waals surface area (Å²) in [4.78, 5) is 2.45. The van der Waals surface area contributed by atoms with Crippen molar-refractivity contribution >= 4 is 38.6 Å². The van der Waals surface area contributed by atoms with Crippen LogP contribution in [0.25, 0.3) is 43.8 Å². The molecule has 8 aromatic rings. The molecule has 0 amide bonds. The maximum Gasteiger partial charge on any atom is 0.178 e. The summed E-state index contributed by atoms with van der Waals surface area (Å²) < 4.78 is 12.9. The van der Waals surface area contributed by atoms with Gasteiger partial charge in [-0.2, -0.15) is 0 Å². The highest BCUT2D eigenvalue weighted by atomic mass is 16.6. The summed E-state index contributed by atoms with van der Waals surface area (Å²) in [7, 11) is 0. The van der Waals surface area contributed by atoms with Gasteiger partial charge in [-0.05, 0) is 81.1 Å². The van der Waals surface area contributed by atoms with E-state index in [1.54, 1.807) is 0 Å². The summed E-state index contributed by atoms with van der Waals surface area (Å²) in [6.45, 7) is 4.63. The van der Waals surface area contributed by atoms with E-state index in [-0.39, 0.29) is 5.41 Å². The van der Waals surface area contributed by atoms with Crippen LogP contribution in [0.3, 0.4) is 0 Å². The van der Waals surface area contributed by atoms with Crippen molar-refractivity contribution in [2.24, 2.45) is 0 Å². The highest BCUT2D eigenvalue weighted by Crippen LogP contribution is 2.59. The van der Waals surface area contributed by atoms with E-state index < -0.39 is 0 Å². The van der Waals surface area contributed by atoms with E-state index in [1.807, 2.05) is 24.3 Å². The highest BCUT2D eigenvalue weighted by molar-refractivity contribution is 6.22. The number of ether oxygens (including phenoxy) is 2. The first kappa shape index (κ1) is 28.7. The minimum atomic E-state index is -0.264. The van der Waals surface area contributed by atoms with Gasteiger partial charge in [0, 0.05) is 33.1 Å². The van der Waals surface area contributed by atoms with Gasteiger partial charge in [-0.25, -0.2) is 0 Å². The summed E-state index contributed by atoms with van der Waals surface area (Å²) in [6, 6.07) is 58.3. The lowest BCUT2D eigenvalue weighted by atomic mass is 9.82. The first-order valence-corrected chi connectivity index (χ1v) is 17.2. The van der Waals surface area contributed by atoms with Gasteiger partial charge in [0.1, 0.15) is 0 Å². The van der Waals surface area contributed by atoms with E-state index in [2.05, 4.69) is 158 Å². The van der Waals surface area contributed by atoms with Crippen LogP contribution in [0.1, 0.15) is 25.0 Å². The molecule has 0 bridgehead atoms. The van der Waals surface area contributed by atoms with Crippen LogP contribution in [0.2, 0.25) is 0 Å². The third-order valence-corrected chi connectivity index (χ3v) is 10.5. The van der Waals surface area contributed by atoms with E-state index in [4.69, 9.17) is 9.47 Å². The van der Waals surface area contributed by atoms with Gasteiger partial charge in [0.15, 0.2) is 23.0 Å². The van der Waals surface area contributed by atoms with Gasteiger partial charge in [0.25, 0.3) is 0 Å². The molecule has 0 unspecified atom stereocenters. The molecule has 0 radical (unpaired) electrons. The maximum absolute atomic E-state index is 6.60. The fourth-order valence-corrected chi connectivity index (χ4v) is 8.18. The highest BCUT2D eigenvalue weighted by Gasteiger charge is 2.40. The molecule has 10 rings (SSSR count). The van der Waals surface area contributed by atoms with E-state index >= 15 is 0 Å².